The van der Waals surface area contributed by atoms with Crippen LogP contribution in [0.4, 0.5) is 0 Å². The quantitative estimate of drug-likeness (QED) is 0.643. The average Bonchev–Trinajstić information content (AvgIpc) is 2.35. The number of ether oxygens (including phenoxy) is 1. The molecule has 1 N–H and O–H groups in total. The fourth-order valence-corrected chi connectivity index (χ4v) is 1.20. The molecule has 0 aliphatic rings. The summed E-state index contributed by atoms with van der Waals surface area (Å²) in [7, 11) is 0. The second-order valence-corrected chi connectivity index (χ2v) is 4.92. The highest BCUT2D eigenvalue weighted by Crippen LogP contribution is 2.21. The molecule has 0 spiro atoms. The number of carbonyl (C=O) groups is 1. The molecule has 1 atom stereocenters. The molecule has 0 aromatic heterocycles. The van der Waals surface area contributed by atoms with E-state index in [0.717, 1.165) is 5.56 Å². The summed E-state index contributed by atoms with van der Waals surface area (Å²) >= 11 is 0. The van der Waals surface area contributed by atoms with Gasteiger partial charge in [-0.3, -0.25) is 0 Å². The Labute approximate surface area is 108 Å². The van der Waals surface area contributed by atoms with Crippen LogP contribution < -0.4 is 0 Å². The summed E-state index contributed by atoms with van der Waals surface area (Å²) in [6.07, 6.45) is 2.52. The molecular formula is C15H20O3. The van der Waals surface area contributed by atoms with Gasteiger partial charge in [0.2, 0.25) is 0 Å². The van der Waals surface area contributed by atoms with Crippen molar-refractivity contribution in [2.75, 3.05) is 0 Å². The van der Waals surface area contributed by atoms with Crippen LogP contribution in [0.2, 0.25) is 0 Å². The van der Waals surface area contributed by atoms with Crippen LogP contribution in [0.5, 0.6) is 0 Å². The van der Waals surface area contributed by atoms with Crippen LogP contribution in [-0.4, -0.2) is 17.2 Å². The number of rotatable bonds is 5. The van der Waals surface area contributed by atoms with Gasteiger partial charge in [-0.05, 0) is 12.5 Å². The number of hydrogen-bond acceptors (Lipinski definition) is 3. The number of aliphatic hydroxyl groups excluding tert-OH is 1. The first-order chi connectivity index (χ1) is 8.42. The Kier molecular flexibility index (Phi) is 5.10. The van der Waals surface area contributed by atoms with Crippen LogP contribution >= 0.6 is 0 Å². The lowest BCUT2D eigenvalue weighted by atomic mass is 9.87. The zero-order valence-corrected chi connectivity index (χ0v) is 11.1. The highest BCUT2D eigenvalue weighted by Gasteiger charge is 2.20. The Morgan fingerprint density at radius 1 is 1.39 bits per heavy atom. The van der Waals surface area contributed by atoms with E-state index in [2.05, 4.69) is 0 Å². The van der Waals surface area contributed by atoms with Crippen LogP contribution in [0.1, 0.15) is 26.3 Å². The van der Waals surface area contributed by atoms with Crippen molar-refractivity contribution in [2.45, 2.75) is 33.5 Å². The van der Waals surface area contributed by atoms with E-state index in [9.17, 15) is 9.90 Å². The summed E-state index contributed by atoms with van der Waals surface area (Å²) in [5.74, 6) is -0.396. The molecule has 3 nitrogen and oxygen atoms in total. The third kappa shape index (κ3) is 4.72. The second-order valence-electron chi connectivity index (χ2n) is 4.92. The topological polar surface area (TPSA) is 46.5 Å². The molecule has 0 aliphatic heterocycles. The van der Waals surface area contributed by atoms with E-state index in [4.69, 9.17) is 4.74 Å². The fourth-order valence-electron chi connectivity index (χ4n) is 1.20. The molecule has 1 rings (SSSR count). The van der Waals surface area contributed by atoms with E-state index >= 15 is 0 Å². The maximum atomic E-state index is 11.5. The number of benzene rings is 1. The van der Waals surface area contributed by atoms with E-state index in [1.165, 1.54) is 6.08 Å². The summed E-state index contributed by atoms with van der Waals surface area (Å²) in [4.78, 5) is 11.5. The molecule has 3 heteroatoms. The Morgan fingerprint density at radius 3 is 2.56 bits per heavy atom. The SMILES string of the molecule is CC(O)C(C)(C)/C=C/C(=O)OCc1ccccc1. The maximum Gasteiger partial charge on any atom is 0.330 e. The van der Waals surface area contributed by atoms with E-state index < -0.39 is 17.5 Å². The molecule has 18 heavy (non-hydrogen) atoms. The van der Waals surface area contributed by atoms with Crippen molar-refractivity contribution in [3.8, 4) is 0 Å². The van der Waals surface area contributed by atoms with Gasteiger partial charge in [-0.1, -0.05) is 50.3 Å². The molecule has 0 amide bonds. The first-order valence-electron chi connectivity index (χ1n) is 6.00. The van der Waals surface area contributed by atoms with Crippen LogP contribution in [-0.2, 0) is 16.1 Å². The Balaban J connectivity index is 2.45. The molecular weight excluding hydrogens is 228 g/mol. The third-order valence-corrected chi connectivity index (χ3v) is 2.95. The molecule has 0 fully saturated rings. The molecule has 98 valence electrons. The van der Waals surface area contributed by atoms with Gasteiger partial charge in [0.15, 0.2) is 0 Å². The highest BCUT2D eigenvalue weighted by molar-refractivity contribution is 5.82. The minimum Gasteiger partial charge on any atom is -0.458 e. The predicted molar refractivity (Wildman–Crippen MR) is 70.8 cm³/mol. The van der Waals surface area contributed by atoms with Gasteiger partial charge in [-0.25, -0.2) is 4.79 Å². The Morgan fingerprint density at radius 2 is 2.00 bits per heavy atom. The lowest BCUT2D eigenvalue weighted by Crippen LogP contribution is -2.24. The zero-order chi connectivity index (χ0) is 13.6. The summed E-state index contributed by atoms with van der Waals surface area (Å²) in [6.45, 7) is 5.68. The fraction of sp³-hybridized carbons (Fsp3) is 0.400. The summed E-state index contributed by atoms with van der Waals surface area (Å²) in [6, 6.07) is 9.51. The van der Waals surface area contributed by atoms with Crippen LogP contribution in [0.15, 0.2) is 42.5 Å². The van der Waals surface area contributed by atoms with E-state index in [-0.39, 0.29) is 6.61 Å². The van der Waals surface area contributed by atoms with Crippen molar-refractivity contribution >= 4 is 5.97 Å². The van der Waals surface area contributed by atoms with Crippen molar-refractivity contribution in [1.29, 1.82) is 0 Å². The van der Waals surface area contributed by atoms with Gasteiger partial charge in [0.25, 0.3) is 0 Å². The number of hydrogen-bond donors (Lipinski definition) is 1. The van der Waals surface area contributed by atoms with Crippen LogP contribution in [0.25, 0.3) is 0 Å². The van der Waals surface area contributed by atoms with Crippen LogP contribution in [0, 0.1) is 5.41 Å². The number of esters is 1. The molecule has 0 heterocycles. The Bertz CT molecular complexity index is 405. The van der Waals surface area contributed by atoms with Crippen LogP contribution in [0.3, 0.4) is 0 Å². The monoisotopic (exact) mass is 248 g/mol. The molecule has 1 aromatic carbocycles. The minimum absolute atomic E-state index is 0.263. The standard InChI is InChI=1S/C15H20O3/c1-12(16)15(2,3)10-9-14(17)18-11-13-7-5-4-6-8-13/h4-10,12,16H,11H2,1-3H3/b10-9+. The average molecular weight is 248 g/mol. The zero-order valence-electron chi connectivity index (χ0n) is 11.1. The molecule has 1 aromatic rings. The van der Waals surface area contributed by atoms with E-state index in [0.29, 0.717) is 0 Å². The van der Waals surface area contributed by atoms with Crippen molar-refractivity contribution in [1.82, 2.24) is 0 Å². The van der Waals surface area contributed by atoms with Gasteiger partial charge in [-0.2, -0.15) is 0 Å². The van der Waals surface area contributed by atoms with E-state index in [1.807, 2.05) is 44.2 Å². The first kappa shape index (κ1) is 14.5. The van der Waals surface area contributed by atoms with Crippen molar-refractivity contribution in [2.24, 2.45) is 5.41 Å². The molecule has 0 radical (unpaired) electrons. The van der Waals surface area contributed by atoms with Gasteiger partial charge in [0.1, 0.15) is 6.61 Å². The number of aliphatic hydroxyl groups is 1. The summed E-state index contributed by atoms with van der Waals surface area (Å²) in [5, 5.41) is 9.50. The lowest BCUT2D eigenvalue weighted by molar-refractivity contribution is -0.139. The van der Waals surface area contributed by atoms with Gasteiger partial charge in [0.05, 0.1) is 6.10 Å². The second kappa shape index (κ2) is 6.36. The lowest BCUT2D eigenvalue weighted by Gasteiger charge is -2.23. The molecule has 0 aliphatic carbocycles. The molecule has 0 saturated heterocycles. The normalized spacial score (nSPS) is 13.6. The van der Waals surface area contributed by atoms with Gasteiger partial charge < -0.3 is 9.84 Å². The first-order valence-corrected chi connectivity index (χ1v) is 6.00. The van der Waals surface area contributed by atoms with E-state index in [1.54, 1.807) is 13.0 Å². The van der Waals surface area contributed by atoms with Crippen molar-refractivity contribution in [3.05, 3.63) is 48.0 Å². The molecule has 0 bridgehead atoms. The van der Waals surface area contributed by atoms with Crippen molar-refractivity contribution in [3.63, 3.8) is 0 Å². The van der Waals surface area contributed by atoms with Crippen molar-refractivity contribution < 1.29 is 14.6 Å². The summed E-state index contributed by atoms with van der Waals surface area (Å²) in [5.41, 5.74) is 0.514. The highest BCUT2D eigenvalue weighted by atomic mass is 16.5. The Hall–Kier alpha value is -1.61. The number of carbonyl (C=O) groups excluding carboxylic acids is 1. The largest absolute Gasteiger partial charge is 0.458 e. The van der Waals surface area contributed by atoms with Gasteiger partial charge >= 0.3 is 5.97 Å². The van der Waals surface area contributed by atoms with Gasteiger partial charge in [-0.15, -0.1) is 0 Å². The maximum absolute atomic E-state index is 11.5. The molecule has 0 saturated carbocycles. The molecule has 1 unspecified atom stereocenters. The predicted octanol–water partition coefficient (Wildman–Crippen LogP) is 2.69. The van der Waals surface area contributed by atoms with Gasteiger partial charge in [0, 0.05) is 11.5 Å². The smallest absolute Gasteiger partial charge is 0.330 e. The summed E-state index contributed by atoms with van der Waals surface area (Å²) < 4.78 is 5.10. The minimum atomic E-state index is -0.518. The third-order valence-electron chi connectivity index (χ3n) is 2.95.